The number of carbonyl (C=O) groups is 1. The van der Waals surface area contributed by atoms with Crippen LogP contribution in [0.5, 0.6) is 0 Å². The molecule has 0 saturated carbocycles. The number of carbonyl (C=O) groups excluding carboxylic acids is 1. The molecule has 160 valence electrons. The number of hydrogen-bond donors (Lipinski definition) is 0. The third-order valence-corrected chi connectivity index (χ3v) is 7.56. The molecule has 1 aromatic rings. The van der Waals surface area contributed by atoms with E-state index in [-0.39, 0.29) is 29.6 Å². The van der Waals surface area contributed by atoms with Crippen molar-refractivity contribution in [3.05, 3.63) is 33.9 Å². The van der Waals surface area contributed by atoms with E-state index < -0.39 is 14.9 Å². The molecule has 0 unspecified atom stereocenters. The highest BCUT2D eigenvalue weighted by Crippen LogP contribution is 2.25. The Hall–Kier alpha value is -2.04. The fraction of sp³-hybridized carbons (Fsp3) is 0.632. The minimum atomic E-state index is -3.81. The summed E-state index contributed by atoms with van der Waals surface area (Å²) in [6.45, 7) is 4.95. The molecular formula is C19H28N4O5S. The van der Waals surface area contributed by atoms with Gasteiger partial charge in [-0.15, -0.1) is 0 Å². The van der Waals surface area contributed by atoms with E-state index >= 15 is 0 Å². The highest BCUT2D eigenvalue weighted by molar-refractivity contribution is 7.89. The summed E-state index contributed by atoms with van der Waals surface area (Å²) in [5.41, 5.74) is 0.221. The number of benzene rings is 1. The molecule has 2 aliphatic heterocycles. The summed E-state index contributed by atoms with van der Waals surface area (Å²) in [4.78, 5) is 26.9. The minimum absolute atomic E-state index is 0.0658. The maximum Gasteiger partial charge on any atom is 0.273 e. The predicted molar refractivity (Wildman–Crippen MR) is 108 cm³/mol. The van der Waals surface area contributed by atoms with Crippen LogP contribution in [0.1, 0.15) is 31.2 Å². The van der Waals surface area contributed by atoms with E-state index in [1.54, 1.807) is 6.92 Å². The molecule has 2 saturated heterocycles. The van der Waals surface area contributed by atoms with Gasteiger partial charge in [-0.2, -0.15) is 4.31 Å². The van der Waals surface area contributed by atoms with Crippen LogP contribution in [0, 0.1) is 17.0 Å². The summed E-state index contributed by atoms with van der Waals surface area (Å²) in [6.07, 6.45) is 4.41. The number of likely N-dealkylation sites (tertiary alicyclic amines) is 1. The average molecular weight is 425 g/mol. The van der Waals surface area contributed by atoms with E-state index in [1.165, 1.54) is 16.4 Å². The van der Waals surface area contributed by atoms with Gasteiger partial charge in [0.05, 0.1) is 16.4 Å². The van der Waals surface area contributed by atoms with E-state index in [2.05, 4.69) is 0 Å². The Morgan fingerprint density at radius 1 is 1.03 bits per heavy atom. The van der Waals surface area contributed by atoms with E-state index in [1.807, 2.05) is 9.80 Å². The molecule has 1 amide bonds. The van der Waals surface area contributed by atoms with Crippen molar-refractivity contribution in [2.45, 2.75) is 37.5 Å². The number of nitro benzene ring substituents is 1. The molecule has 0 radical (unpaired) electrons. The molecule has 0 spiro atoms. The molecule has 2 aliphatic rings. The maximum atomic E-state index is 12.9. The molecular weight excluding hydrogens is 396 g/mol. The average Bonchev–Trinajstić information content (AvgIpc) is 2.98. The number of rotatable bonds is 5. The summed E-state index contributed by atoms with van der Waals surface area (Å²) in [5.74, 6) is 0.109. The minimum Gasteiger partial charge on any atom is -0.342 e. The Morgan fingerprint density at radius 3 is 2.24 bits per heavy atom. The van der Waals surface area contributed by atoms with Crippen molar-refractivity contribution >= 4 is 21.6 Å². The summed E-state index contributed by atoms with van der Waals surface area (Å²) < 4.78 is 27.1. The smallest absolute Gasteiger partial charge is 0.273 e. The Balaban J connectivity index is 1.60. The summed E-state index contributed by atoms with van der Waals surface area (Å²) in [6, 6.07) is 3.99. The normalized spacial score (nSPS) is 19.7. The molecule has 2 fully saturated rings. The zero-order valence-electron chi connectivity index (χ0n) is 16.7. The number of piperazine rings is 1. The third-order valence-electron chi connectivity index (χ3n) is 5.66. The van der Waals surface area contributed by atoms with Gasteiger partial charge in [-0.3, -0.25) is 19.8 Å². The van der Waals surface area contributed by atoms with Crippen LogP contribution < -0.4 is 0 Å². The Morgan fingerprint density at radius 2 is 1.66 bits per heavy atom. The van der Waals surface area contributed by atoms with Crippen LogP contribution in [-0.2, 0) is 14.8 Å². The van der Waals surface area contributed by atoms with Gasteiger partial charge in [-0.25, -0.2) is 8.42 Å². The van der Waals surface area contributed by atoms with Crippen molar-refractivity contribution in [3.8, 4) is 0 Å². The van der Waals surface area contributed by atoms with Gasteiger partial charge < -0.3 is 4.90 Å². The quantitative estimate of drug-likeness (QED) is 0.525. The van der Waals surface area contributed by atoms with Crippen LogP contribution in [0.4, 0.5) is 5.69 Å². The second kappa shape index (κ2) is 9.19. The van der Waals surface area contributed by atoms with Gasteiger partial charge in [0, 0.05) is 50.9 Å². The van der Waals surface area contributed by atoms with Crippen molar-refractivity contribution in [1.29, 1.82) is 0 Å². The Labute approximate surface area is 171 Å². The van der Waals surface area contributed by atoms with Gasteiger partial charge in [0.25, 0.3) is 5.69 Å². The van der Waals surface area contributed by atoms with Crippen molar-refractivity contribution in [1.82, 2.24) is 14.1 Å². The molecule has 0 N–H and O–H groups in total. The van der Waals surface area contributed by atoms with E-state index in [0.29, 0.717) is 25.2 Å². The number of nitrogens with zero attached hydrogens (tertiary/aromatic N) is 4. The number of hydrogen-bond acceptors (Lipinski definition) is 6. The topological polar surface area (TPSA) is 104 Å². The van der Waals surface area contributed by atoms with Crippen LogP contribution in [0.2, 0.25) is 0 Å². The van der Waals surface area contributed by atoms with Gasteiger partial charge >= 0.3 is 0 Å². The summed E-state index contributed by atoms with van der Waals surface area (Å²) >= 11 is 0. The summed E-state index contributed by atoms with van der Waals surface area (Å²) in [7, 11) is -3.81. The molecule has 0 atom stereocenters. The van der Waals surface area contributed by atoms with Crippen LogP contribution in [0.3, 0.4) is 0 Å². The first kappa shape index (κ1) is 21.7. The monoisotopic (exact) mass is 424 g/mol. The van der Waals surface area contributed by atoms with Gasteiger partial charge in [-0.1, -0.05) is 18.9 Å². The van der Waals surface area contributed by atoms with Gasteiger partial charge in [-0.05, 0) is 25.8 Å². The zero-order valence-corrected chi connectivity index (χ0v) is 17.6. The van der Waals surface area contributed by atoms with Crippen LogP contribution >= 0.6 is 0 Å². The van der Waals surface area contributed by atoms with Crippen molar-refractivity contribution in [2.24, 2.45) is 0 Å². The number of nitro groups is 1. The number of amides is 1. The molecule has 9 nitrogen and oxygen atoms in total. The van der Waals surface area contributed by atoms with Gasteiger partial charge in [0.2, 0.25) is 15.9 Å². The molecule has 0 bridgehead atoms. The lowest BCUT2D eigenvalue weighted by atomic mass is 10.2. The number of aryl methyl sites for hydroxylation is 1. The second-order valence-corrected chi connectivity index (χ2v) is 9.62. The van der Waals surface area contributed by atoms with E-state index in [0.717, 1.165) is 44.8 Å². The lowest BCUT2D eigenvalue weighted by Gasteiger charge is -2.34. The highest BCUT2D eigenvalue weighted by Gasteiger charge is 2.31. The molecule has 10 heteroatoms. The first-order chi connectivity index (χ1) is 13.8. The van der Waals surface area contributed by atoms with Crippen LogP contribution in [-0.4, -0.2) is 79.2 Å². The van der Waals surface area contributed by atoms with Crippen LogP contribution in [0.25, 0.3) is 0 Å². The molecule has 0 aliphatic carbocycles. The fourth-order valence-corrected chi connectivity index (χ4v) is 5.28. The van der Waals surface area contributed by atoms with Crippen molar-refractivity contribution < 1.29 is 18.1 Å². The largest absolute Gasteiger partial charge is 0.342 e. The van der Waals surface area contributed by atoms with Crippen molar-refractivity contribution in [3.63, 3.8) is 0 Å². The zero-order chi connectivity index (χ0) is 21.0. The van der Waals surface area contributed by atoms with E-state index in [9.17, 15) is 23.3 Å². The molecule has 2 heterocycles. The summed E-state index contributed by atoms with van der Waals surface area (Å²) in [5, 5.41) is 11.1. The van der Waals surface area contributed by atoms with Crippen molar-refractivity contribution in [2.75, 3.05) is 45.8 Å². The molecule has 29 heavy (non-hydrogen) atoms. The predicted octanol–water partition coefficient (Wildman–Crippen LogP) is 1.61. The molecule has 0 aromatic heterocycles. The van der Waals surface area contributed by atoms with Gasteiger partial charge in [0.1, 0.15) is 0 Å². The maximum absolute atomic E-state index is 12.9. The molecule has 3 rings (SSSR count). The fourth-order valence-electron chi connectivity index (χ4n) is 3.83. The first-order valence-corrected chi connectivity index (χ1v) is 11.5. The Kier molecular flexibility index (Phi) is 6.86. The Bertz CT molecular complexity index is 857. The lowest BCUT2D eigenvalue weighted by Crippen LogP contribution is -2.51. The highest BCUT2D eigenvalue weighted by atomic mass is 32.2. The first-order valence-electron chi connectivity index (χ1n) is 10.0. The van der Waals surface area contributed by atoms with Gasteiger partial charge in [0.15, 0.2) is 0 Å². The SMILES string of the molecule is Cc1ccc(S(=O)(=O)N2CCN(CC(=O)N3CCCCCC3)CC2)cc1[N+](=O)[O-]. The second-order valence-electron chi connectivity index (χ2n) is 7.68. The van der Waals surface area contributed by atoms with Crippen LogP contribution in [0.15, 0.2) is 23.1 Å². The standard InChI is InChI=1S/C19H28N4O5S/c1-16-6-7-17(14-18(16)23(25)26)29(27,28)22-12-10-20(11-13-22)15-19(24)21-8-4-2-3-5-9-21/h6-7,14H,2-5,8-13,15H2,1H3. The number of sulfonamides is 1. The van der Waals surface area contributed by atoms with E-state index in [4.69, 9.17) is 0 Å². The molecule has 1 aromatic carbocycles. The third kappa shape index (κ3) is 5.12. The lowest BCUT2D eigenvalue weighted by molar-refractivity contribution is -0.385.